The summed E-state index contributed by atoms with van der Waals surface area (Å²) in [5.74, 6) is 0. The molecule has 1 unspecified atom stereocenters. The van der Waals surface area contributed by atoms with E-state index in [4.69, 9.17) is 14.6 Å². The normalized spacial score (nSPS) is 23.8. The van der Waals surface area contributed by atoms with Gasteiger partial charge in [-0.05, 0) is 12.8 Å². The van der Waals surface area contributed by atoms with Gasteiger partial charge in [0.05, 0.1) is 25.9 Å². The molecule has 78 valence electrons. The maximum absolute atomic E-state index is 8.97. The topological polar surface area (TPSA) is 38.7 Å². The van der Waals surface area contributed by atoms with Gasteiger partial charge in [0.1, 0.15) is 0 Å². The molecule has 0 spiro atoms. The van der Waals surface area contributed by atoms with Crippen LogP contribution in [0.3, 0.4) is 0 Å². The van der Waals surface area contributed by atoms with E-state index in [2.05, 4.69) is 0 Å². The van der Waals surface area contributed by atoms with Crippen molar-refractivity contribution in [1.82, 2.24) is 0 Å². The van der Waals surface area contributed by atoms with Gasteiger partial charge in [0.15, 0.2) is 0 Å². The molecule has 13 heavy (non-hydrogen) atoms. The van der Waals surface area contributed by atoms with Crippen LogP contribution in [0.25, 0.3) is 0 Å². The van der Waals surface area contributed by atoms with Crippen molar-refractivity contribution in [3.05, 3.63) is 0 Å². The lowest BCUT2D eigenvalue weighted by molar-refractivity contribution is -0.0228. The van der Waals surface area contributed by atoms with Crippen LogP contribution in [0.1, 0.15) is 26.7 Å². The van der Waals surface area contributed by atoms with E-state index in [-0.39, 0.29) is 18.1 Å². The standard InChI is InChI=1S/C10H20O3/c1-10(2,7-11)8-12-6-9-4-3-5-13-9/h9,11H,3-8H2,1-2H3. The summed E-state index contributed by atoms with van der Waals surface area (Å²) >= 11 is 0. The van der Waals surface area contributed by atoms with Gasteiger partial charge < -0.3 is 14.6 Å². The highest BCUT2D eigenvalue weighted by molar-refractivity contribution is 4.68. The molecule has 0 radical (unpaired) electrons. The first-order valence-electron chi connectivity index (χ1n) is 4.94. The summed E-state index contributed by atoms with van der Waals surface area (Å²) in [6.45, 7) is 6.29. The van der Waals surface area contributed by atoms with Gasteiger partial charge in [0.2, 0.25) is 0 Å². The summed E-state index contributed by atoms with van der Waals surface area (Å²) in [7, 11) is 0. The van der Waals surface area contributed by atoms with Crippen molar-refractivity contribution in [2.24, 2.45) is 5.41 Å². The van der Waals surface area contributed by atoms with Crippen molar-refractivity contribution in [3.63, 3.8) is 0 Å². The van der Waals surface area contributed by atoms with Crippen LogP contribution in [0.5, 0.6) is 0 Å². The van der Waals surface area contributed by atoms with Crippen molar-refractivity contribution in [2.75, 3.05) is 26.4 Å². The average molecular weight is 188 g/mol. The van der Waals surface area contributed by atoms with Crippen LogP contribution in [0.2, 0.25) is 0 Å². The van der Waals surface area contributed by atoms with Crippen LogP contribution in [-0.4, -0.2) is 37.6 Å². The van der Waals surface area contributed by atoms with Crippen LogP contribution in [0.15, 0.2) is 0 Å². The number of hydrogen-bond donors (Lipinski definition) is 1. The predicted octanol–water partition coefficient (Wildman–Crippen LogP) is 1.20. The lowest BCUT2D eigenvalue weighted by Crippen LogP contribution is -2.26. The van der Waals surface area contributed by atoms with Crippen LogP contribution in [-0.2, 0) is 9.47 Å². The van der Waals surface area contributed by atoms with E-state index in [0.717, 1.165) is 19.4 Å². The molecule has 3 nitrogen and oxygen atoms in total. The first-order chi connectivity index (χ1) is 6.14. The fraction of sp³-hybridized carbons (Fsp3) is 1.00. The van der Waals surface area contributed by atoms with E-state index >= 15 is 0 Å². The van der Waals surface area contributed by atoms with E-state index in [1.807, 2.05) is 13.8 Å². The van der Waals surface area contributed by atoms with Crippen LogP contribution in [0, 0.1) is 5.41 Å². The second kappa shape index (κ2) is 4.94. The Morgan fingerprint density at radius 3 is 2.85 bits per heavy atom. The molecule has 1 aliphatic rings. The van der Waals surface area contributed by atoms with Gasteiger partial charge in [0, 0.05) is 12.0 Å². The summed E-state index contributed by atoms with van der Waals surface area (Å²) in [5, 5.41) is 8.97. The molecule has 3 heteroatoms. The molecule has 1 fully saturated rings. The Labute approximate surface area is 80.0 Å². The third-order valence-corrected chi connectivity index (χ3v) is 2.25. The fourth-order valence-electron chi connectivity index (χ4n) is 1.29. The summed E-state index contributed by atoms with van der Waals surface area (Å²) in [6, 6.07) is 0. The number of rotatable bonds is 5. The minimum atomic E-state index is -0.126. The fourth-order valence-corrected chi connectivity index (χ4v) is 1.29. The van der Waals surface area contributed by atoms with Gasteiger partial charge in [-0.3, -0.25) is 0 Å². The average Bonchev–Trinajstić information content (AvgIpc) is 2.57. The molecular weight excluding hydrogens is 168 g/mol. The van der Waals surface area contributed by atoms with E-state index in [1.165, 1.54) is 0 Å². The Morgan fingerprint density at radius 2 is 2.31 bits per heavy atom. The molecule has 0 amide bonds. The van der Waals surface area contributed by atoms with E-state index in [1.54, 1.807) is 0 Å². The highest BCUT2D eigenvalue weighted by atomic mass is 16.5. The number of ether oxygens (including phenoxy) is 2. The highest BCUT2D eigenvalue weighted by Crippen LogP contribution is 2.16. The summed E-state index contributed by atoms with van der Waals surface area (Å²) in [5.41, 5.74) is -0.126. The van der Waals surface area contributed by atoms with Crippen molar-refractivity contribution in [3.8, 4) is 0 Å². The summed E-state index contributed by atoms with van der Waals surface area (Å²) < 4.78 is 10.9. The van der Waals surface area contributed by atoms with Gasteiger partial charge in [-0.2, -0.15) is 0 Å². The van der Waals surface area contributed by atoms with Gasteiger partial charge in [-0.15, -0.1) is 0 Å². The molecule has 0 aromatic rings. The molecule has 1 atom stereocenters. The minimum Gasteiger partial charge on any atom is -0.396 e. The molecule has 0 aromatic heterocycles. The second-order valence-electron chi connectivity index (χ2n) is 4.47. The molecule has 1 saturated heterocycles. The Morgan fingerprint density at radius 1 is 1.54 bits per heavy atom. The number of hydrogen-bond acceptors (Lipinski definition) is 3. The zero-order chi connectivity index (χ0) is 9.73. The van der Waals surface area contributed by atoms with Crippen molar-refractivity contribution in [1.29, 1.82) is 0 Å². The molecule has 1 heterocycles. The molecule has 1 aliphatic heterocycles. The second-order valence-corrected chi connectivity index (χ2v) is 4.47. The first kappa shape index (κ1) is 11.0. The van der Waals surface area contributed by atoms with Gasteiger partial charge in [-0.25, -0.2) is 0 Å². The Hall–Kier alpha value is -0.120. The Balaban J connectivity index is 2.06. The first-order valence-corrected chi connectivity index (χ1v) is 4.94. The summed E-state index contributed by atoms with van der Waals surface area (Å²) in [4.78, 5) is 0. The maximum Gasteiger partial charge on any atom is 0.0809 e. The quantitative estimate of drug-likeness (QED) is 0.704. The van der Waals surface area contributed by atoms with Gasteiger partial charge in [-0.1, -0.05) is 13.8 Å². The summed E-state index contributed by atoms with van der Waals surface area (Å²) in [6.07, 6.45) is 2.55. The lowest BCUT2D eigenvalue weighted by atomic mass is 9.97. The molecule has 0 saturated carbocycles. The van der Waals surface area contributed by atoms with Crippen molar-refractivity contribution in [2.45, 2.75) is 32.8 Å². The van der Waals surface area contributed by atoms with Crippen LogP contribution in [0.4, 0.5) is 0 Å². The van der Waals surface area contributed by atoms with Crippen molar-refractivity contribution < 1.29 is 14.6 Å². The molecule has 1 rings (SSSR count). The monoisotopic (exact) mass is 188 g/mol. The molecule has 0 bridgehead atoms. The zero-order valence-electron chi connectivity index (χ0n) is 8.58. The van der Waals surface area contributed by atoms with Gasteiger partial charge >= 0.3 is 0 Å². The highest BCUT2D eigenvalue weighted by Gasteiger charge is 2.19. The van der Waals surface area contributed by atoms with Gasteiger partial charge in [0.25, 0.3) is 0 Å². The molecule has 1 N–H and O–H groups in total. The Kier molecular flexibility index (Phi) is 4.16. The third kappa shape index (κ3) is 4.07. The molecular formula is C10H20O3. The smallest absolute Gasteiger partial charge is 0.0809 e. The largest absolute Gasteiger partial charge is 0.396 e. The molecule has 0 aromatic carbocycles. The van der Waals surface area contributed by atoms with E-state index < -0.39 is 0 Å². The zero-order valence-corrected chi connectivity index (χ0v) is 8.58. The van der Waals surface area contributed by atoms with Crippen molar-refractivity contribution >= 4 is 0 Å². The number of aliphatic hydroxyl groups excluding tert-OH is 1. The van der Waals surface area contributed by atoms with E-state index in [0.29, 0.717) is 13.2 Å². The van der Waals surface area contributed by atoms with E-state index in [9.17, 15) is 0 Å². The third-order valence-electron chi connectivity index (χ3n) is 2.25. The SMILES string of the molecule is CC(C)(CO)COCC1CCCO1. The minimum absolute atomic E-state index is 0.126. The molecule has 0 aliphatic carbocycles. The predicted molar refractivity (Wildman–Crippen MR) is 50.7 cm³/mol. The van der Waals surface area contributed by atoms with Crippen LogP contribution >= 0.6 is 0 Å². The lowest BCUT2D eigenvalue weighted by Gasteiger charge is -2.22. The number of aliphatic hydroxyl groups is 1. The Bertz CT molecular complexity index is 139. The maximum atomic E-state index is 8.97. The van der Waals surface area contributed by atoms with Crippen LogP contribution < -0.4 is 0 Å².